The topological polar surface area (TPSA) is 0 Å². The molecule has 0 unspecified atom stereocenters. The highest BCUT2D eigenvalue weighted by Gasteiger charge is 1.80. The van der Waals surface area contributed by atoms with Crippen LogP contribution in [0, 0.1) is 0 Å². The molecule has 0 nitrogen and oxygen atoms in total. The van der Waals surface area contributed by atoms with Crippen molar-refractivity contribution in [3.8, 4) is 0 Å². The highest BCUT2D eigenvalue weighted by atomic mass is 19.1. The van der Waals surface area contributed by atoms with Gasteiger partial charge in [-0.2, -0.15) is 0 Å². The van der Waals surface area contributed by atoms with E-state index < -0.39 is 0 Å². The third-order valence-electron chi connectivity index (χ3n) is 1.16. The van der Waals surface area contributed by atoms with E-state index in [0.29, 0.717) is 0 Å². The summed E-state index contributed by atoms with van der Waals surface area (Å²) in [5, 5.41) is 0. The van der Waals surface area contributed by atoms with Crippen LogP contribution in [0.15, 0.2) is 23.6 Å². The van der Waals surface area contributed by atoms with Crippen molar-refractivity contribution in [2.75, 3.05) is 0 Å². The maximum absolute atomic E-state index is 12.0. The first kappa shape index (κ1) is 13.0. The predicted molar refractivity (Wildman–Crippen MR) is 50.3 cm³/mol. The van der Waals surface area contributed by atoms with Gasteiger partial charge in [0, 0.05) is 0 Å². The van der Waals surface area contributed by atoms with Crippen LogP contribution in [0.5, 0.6) is 0 Å². The van der Waals surface area contributed by atoms with E-state index in [1.165, 1.54) is 18.6 Å². The predicted octanol–water partition coefficient (Wildman–Crippen LogP) is 4.24. The molecule has 0 fully saturated rings. The van der Waals surface area contributed by atoms with Gasteiger partial charge in [0.2, 0.25) is 0 Å². The van der Waals surface area contributed by atoms with E-state index in [1.54, 1.807) is 6.08 Å². The van der Waals surface area contributed by atoms with Crippen molar-refractivity contribution in [1.29, 1.82) is 0 Å². The Kier molecular flexibility index (Phi) is 11.1. The van der Waals surface area contributed by atoms with Crippen molar-refractivity contribution in [3.63, 3.8) is 0 Å². The Morgan fingerprint density at radius 3 is 1.91 bits per heavy atom. The van der Waals surface area contributed by atoms with Gasteiger partial charge in [0.1, 0.15) is 0 Å². The molecule has 0 bridgehead atoms. The summed E-state index contributed by atoms with van der Waals surface area (Å²) in [5.41, 5.74) is 1.20. The van der Waals surface area contributed by atoms with Gasteiger partial charge in [-0.3, -0.25) is 0 Å². The fourth-order valence-corrected chi connectivity index (χ4v) is 0.375. The molecule has 0 radical (unpaired) electrons. The van der Waals surface area contributed by atoms with Gasteiger partial charge in [0.25, 0.3) is 0 Å². The fraction of sp³-hybridized carbons (Fsp3) is 0.600. The molecule has 0 aliphatic heterocycles. The molecule has 0 aromatic carbocycles. The number of rotatable bonds is 2. The standard InChI is InChI=1S/C8H13F.C2H6/c1-4-7(2)5-6-8(3)9;1-2/h5-6H,4H2,1-3H3;1-2H3/b7-5+,8-6+;. The van der Waals surface area contributed by atoms with Crippen LogP contribution in [0.4, 0.5) is 4.39 Å². The molecule has 0 saturated carbocycles. The van der Waals surface area contributed by atoms with Crippen LogP contribution in [0.2, 0.25) is 0 Å². The first-order valence-electron chi connectivity index (χ1n) is 4.16. The van der Waals surface area contributed by atoms with E-state index in [2.05, 4.69) is 0 Å². The summed E-state index contributed by atoms with van der Waals surface area (Å²) >= 11 is 0. The lowest BCUT2D eigenvalue weighted by molar-refractivity contribution is 0.640. The van der Waals surface area contributed by atoms with Crippen molar-refractivity contribution >= 4 is 0 Å². The van der Waals surface area contributed by atoms with E-state index in [1.807, 2.05) is 27.7 Å². The largest absolute Gasteiger partial charge is 0.212 e. The van der Waals surface area contributed by atoms with Gasteiger partial charge in [-0.15, -0.1) is 0 Å². The normalized spacial score (nSPS) is 12.2. The van der Waals surface area contributed by atoms with Crippen LogP contribution in [0.25, 0.3) is 0 Å². The zero-order chi connectivity index (χ0) is 9.28. The van der Waals surface area contributed by atoms with Gasteiger partial charge in [0.15, 0.2) is 0 Å². The highest BCUT2D eigenvalue weighted by molar-refractivity contribution is 5.11. The molecule has 0 atom stereocenters. The molecule has 1 heteroatoms. The Bertz CT molecular complexity index is 128. The smallest absolute Gasteiger partial charge is 0.0968 e. The number of hydrogen-bond acceptors (Lipinski definition) is 0. The molecule has 66 valence electrons. The molecule has 0 aromatic rings. The van der Waals surface area contributed by atoms with Crippen LogP contribution >= 0.6 is 0 Å². The zero-order valence-corrected chi connectivity index (χ0v) is 8.24. The minimum absolute atomic E-state index is 0.136. The summed E-state index contributed by atoms with van der Waals surface area (Å²) in [6.07, 6.45) is 4.28. The summed E-state index contributed by atoms with van der Waals surface area (Å²) < 4.78 is 12.0. The molecule has 0 aliphatic rings. The molecule has 0 aliphatic carbocycles. The molecular formula is C10H19F. The molecule has 0 N–H and O–H groups in total. The summed E-state index contributed by atoms with van der Waals surface area (Å²) in [4.78, 5) is 0. The third kappa shape index (κ3) is 12.6. The average Bonchev–Trinajstić information content (AvgIpc) is 2.04. The van der Waals surface area contributed by atoms with Crippen molar-refractivity contribution in [1.82, 2.24) is 0 Å². The molecule has 0 spiro atoms. The Balaban J connectivity index is 0. The molecular weight excluding hydrogens is 139 g/mol. The van der Waals surface area contributed by atoms with Crippen LogP contribution in [-0.4, -0.2) is 0 Å². The van der Waals surface area contributed by atoms with Crippen molar-refractivity contribution in [2.24, 2.45) is 0 Å². The minimum atomic E-state index is -0.136. The lowest BCUT2D eigenvalue weighted by atomic mass is 10.2. The first-order valence-corrected chi connectivity index (χ1v) is 4.16. The van der Waals surface area contributed by atoms with Crippen LogP contribution in [-0.2, 0) is 0 Å². The van der Waals surface area contributed by atoms with Crippen molar-refractivity contribution in [3.05, 3.63) is 23.6 Å². The van der Waals surface area contributed by atoms with E-state index in [-0.39, 0.29) is 5.83 Å². The van der Waals surface area contributed by atoms with Crippen LogP contribution in [0.1, 0.15) is 41.0 Å². The summed E-state index contributed by atoms with van der Waals surface area (Å²) in [6, 6.07) is 0. The van der Waals surface area contributed by atoms with Gasteiger partial charge in [-0.25, -0.2) is 4.39 Å². The second-order valence-electron chi connectivity index (χ2n) is 2.12. The van der Waals surface area contributed by atoms with Gasteiger partial charge in [-0.05, 0) is 26.3 Å². The summed E-state index contributed by atoms with van der Waals surface area (Å²) in [6.45, 7) is 9.48. The van der Waals surface area contributed by atoms with E-state index in [9.17, 15) is 4.39 Å². The monoisotopic (exact) mass is 158 g/mol. The van der Waals surface area contributed by atoms with Gasteiger partial charge in [-0.1, -0.05) is 32.4 Å². The number of hydrogen-bond donors (Lipinski definition) is 0. The maximum Gasteiger partial charge on any atom is 0.0968 e. The van der Waals surface area contributed by atoms with E-state index >= 15 is 0 Å². The maximum atomic E-state index is 12.0. The molecule has 0 saturated heterocycles. The summed E-state index contributed by atoms with van der Waals surface area (Å²) in [7, 11) is 0. The van der Waals surface area contributed by atoms with Crippen LogP contribution < -0.4 is 0 Å². The lowest BCUT2D eigenvalue weighted by Gasteiger charge is -1.88. The molecule has 0 aromatic heterocycles. The van der Waals surface area contributed by atoms with Gasteiger partial charge >= 0.3 is 0 Å². The molecule has 0 heterocycles. The number of allylic oxidation sites excluding steroid dienone is 4. The highest BCUT2D eigenvalue weighted by Crippen LogP contribution is 2.00. The van der Waals surface area contributed by atoms with Crippen LogP contribution in [0.3, 0.4) is 0 Å². The first-order chi connectivity index (χ1) is 5.16. The van der Waals surface area contributed by atoms with Gasteiger partial charge < -0.3 is 0 Å². The Morgan fingerprint density at radius 1 is 1.18 bits per heavy atom. The Hall–Kier alpha value is -0.590. The quantitative estimate of drug-likeness (QED) is 0.527. The lowest BCUT2D eigenvalue weighted by Crippen LogP contribution is -1.68. The molecule has 11 heavy (non-hydrogen) atoms. The zero-order valence-electron chi connectivity index (χ0n) is 8.24. The Labute approximate surface area is 69.8 Å². The van der Waals surface area contributed by atoms with Crippen molar-refractivity contribution in [2.45, 2.75) is 41.0 Å². The molecule has 0 amide bonds. The SMILES string of the molecule is CC.CC/C(C)=C/C=C(\C)F. The summed E-state index contributed by atoms with van der Waals surface area (Å²) in [5.74, 6) is -0.136. The fourth-order valence-electron chi connectivity index (χ4n) is 0.375. The molecule has 0 rings (SSSR count). The third-order valence-corrected chi connectivity index (χ3v) is 1.16. The number of halogens is 1. The van der Waals surface area contributed by atoms with Crippen molar-refractivity contribution < 1.29 is 4.39 Å². The van der Waals surface area contributed by atoms with Gasteiger partial charge in [0.05, 0.1) is 5.83 Å². The van der Waals surface area contributed by atoms with E-state index in [4.69, 9.17) is 0 Å². The second kappa shape index (κ2) is 9.41. The minimum Gasteiger partial charge on any atom is -0.212 e. The Morgan fingerprint density at radius 2 is 1.64 bits per heavy atom. The van der Waals surface area contributed by atoms with E-state index in [0.717, 1.165) is 6.42 Å². The second-order valence-corrected chi connectivity index (χ2v) is 2.12. The average molecular weight is 158 g/mol.